The van der Waals surface area contributed by atoms with Crippen LogP contribution in [0.15, 0.2) is 36.4 Å². The summed E-state index contributed by atoms with van der Waals surface area (Å²) in [6, 6.07) is 6.96. The van der Waals surface area contributed by atoms with E-state index >= 15 is 4.39 Å². The second-order valence-corrected chi connectivity index (χ2v) is 11.5. The highest BCUT2D eigenvalue weighted by molar-refractivity contribution is 7.11. The number of benzene rings is 1. The molecule has 6 rings (SSSR count). The van der Waals surface area contributed by atoms with Crippen LogP contribution in [0.2, 0.25) is 5.02 Å². The van der Waals surface area contributed by atoms with E-state index in [9.17, 15) is 10.1 Å². The smallest absolute Gasteiger partial charge is 0.245 e. The molecule has 3 aromatic rings. The number of rotatable bonds is 4. The van der Waals surface area contributed by atoms with Crippen LogP contribution in [0, 0.1) is 29.5 Å². The third-order valence-corrected chi connectivity index (χ3v) is 9.22. The molecular formula is C29H25ClFN5OS. The van der Waals surface area contributed by atoms with Gasteiger partial charge in [0.15, 0.2) is 0 Å². The van der Waals surface area contributed by atoms with Crippen LogP contribution in [0.5, 0.6) is 0 Å². The molecule has 2 fully saturated rings. The van der Waals surface area contributed by atoms with Gasteiger partial charge in [-0.15, -0.1) is 11.3 Å². The van der Waals surface area contributed by atoms with E-state index in [0.717, 1.165) is 40.2 Å². The summed E-state index contributed by atoms with van der Waals surface area (Å²) in [5.74, 6) is 0.0209. The van der Waals surface area contributed by atoms with E-state index in [-0.39, 0.29) is 21.9 Å². The van der Waals surface area contributed by atoms with Crippen LogP contribution in [-0.2, 0) is 11.2 Å². The van der Waals surface area contributed by atoms with Crippen LogP contribution in [0.1, 0.15) is 40.2 Å². The maximum Gasteiger partial charge on any atom is 0.245 e. The lowest BCUT2D eigenvalue weighted by Gasteiger charge is -2.47. The maximum atomic E-state index is 15.3. The van der Waals surface area contributed by atoms with Crippen molar-refractivity contribution < 1.29 is 9.18 Å². The average Bonchev–Trinajstić information content (AvgIpc) is 3.53. The maximum absolute atomic E-state index is 15.3. The highest BCUT2D eigenvalue weighted by atomic mass is 35.5. The lowest BCUT2D eigenvalue weighted by Crippen LogP contribution is -2.59. The number of thiazole rings is 1. The SMILES string of the molecule is C=CC(=O)N1CC2(CCN(c3nc4c(c(-c5c(F)cccc5Cl)c3C#N)CCC(c3scnc3C)=C4)C2)C1. The number of pyridine rings is 1. The van der Waals surface area contributed by atoms with Gasteiger partial charge in [0.1, 0.15) is 23.3 Å². The first-order valence-electron chi connectivity index (χ1n) is 12.5. The van der Waals surface area contributed by atoms with Gasteiger partial charge in [0, 0.05) is 42.7 Å². The summed E-state index contributed by atoms with van der Waals surface area (Å²) in [5.41, 5.74) is 6.61. The molecule has 9 heteroatoms. The van der Waals surface area contributed by atoms with E-state index in [1.54, 1.807) is 28.4 Å². The Morgan fingerprint density at radius 3 is 2.79 bits per heavy atom. The Hall–Kier alpha value is -3.54. The average molecular weight is 546 g/mol. The van der Waals surface area contributed by atoms with Gasteiger partial charge in [0.2, 0.25) is 5.91 Å². The van der Waals surface area contributed by atoms with E-state index in [2.05, 4.69) is 28.6 Å². The van der Waals surface area contributed by atoms with Gasteiger partial charge in [-0.2, -0.15) is 5.26 Å². The van der Waals surface area contributed by atoms with E-state index in [0.29, 0.717) is 49.5 Å². The summed E-state index contributed by atoms with van der Waals surface area (Å²) >= 11 is 8.16. The van der Waals surface area contributed by atoms with Crippen molar-refractivity contribution in [1.82, 2.24) is 14.9 Å². The molecule has 38 heavy (non-hydrogen) atoms. The molecule has 0 saturated carbocycles. The third-order valence-electron chi connectivity index (χ3n) is 7.90. The molecule has 2 saturated heterocycles. The summed E-state index contributed by atoms with van der Waals surface area (Å²) in [6.45, 7) is 8.26. The van der Waals surface area contributed by atoms with Gasteiger partial charge in [0.05, 0.1) is 26.8 Å². The minimum atomic E-state index is -0.461. The van der Waals surface area contributed by atoms with Crippen LogP contribution in [-0.4, -0.2) is 47.0 Å². The zero-order valence-electron chi connectivity index (χ0n) is 20.9. The van der Waals surface area contributed by atoms with Gasteiger partial charge in [0.25, 0.3) is 0 Å². The molecule has 2 aromatic heterocycles. The zero-order valence-corrected chi connectivity index (χ0v) is 22.5. The van der Waals surface area contributed by atoms with E-state index < -0.39 is 5.82 Å². The van der Waals surface area contributed by atoms with Gasteiger partial charge in [-0.1, -0.05) is 24.2 Å². The van der Waals surface area contributed by atoms with Gasteiger partial charge >= 0.3 is 0 Å². The minimum Gasteiger partial charge on any atom is -0.355 e. The van der Waals surface area contributed by atoms with Gasteiger partial charge < -0.3 is 9.80 Å². The Morgan fingerprint density at radius 2 is 2.11 bits per heavy atom. The Kier molecular flexibility index (Phi) is 6.09. The number of allylic oxidation sites excluding steroid dienone is 1. The first-order chi connectivity index (χ1) is 18.3. The number of likely N-dealkylation sites (tertiary alicyclic amines) is 1. The number of nitrogens with zero attached hydrogens (tertiary/aromatic N) is 5. The van der Waals surface area contributed by atoms with E-state index in [1.807, 2.05) is 12.4 Å². The largest absolute Gasteiger partial charge is 0.355 e. The van der Waals surface area contributed by atoms with Gasteiger partial charge in [-0.3, -0.25) is 4.79 Å². The monoisotopic (exact) mass is 545 g/mol. The second-order valence-electron chi connectivity index (χ2n) is 10.3. The molecule has 0 unspecified atom stereocenters. The fourth-order valence-electron chi connectivity index (χ4n) is 6.06. The Labute approximate surface area is 229 Å². The molecule has 1 aliphatic carbocycles. The first-order valence-corrected chi connectivity index (χ1v) is 13.8. The van der Waals surface area contributed by atoms with Crippen LogP contribution in [0.4, 0.5) is 10.2 Å². The molecule has 1 amide bonds. The predicted octanol–water partition coefficient (Wildman–Crippen LogP) is 5.89. The number of hydrogen-bond acceptors (Lipinski definition) is 6. The minimum absolute atomic E-state index is 0.0421. The molecule has 192 valence electrons. The molecule has 1 spiro atoms. The van der Waals surface area contributed by atoms with E-state index in [1.165, 1.54) is 12.1 Å². The number of aryl methyl sites for hydroxylation is 1. The number of anilines is 1. The molecule has 3 aliphatic rings. The summed E-state index contributed by atoms with van der Waals surface area (Å²) in [4.78, 5) is 26.5. The third kappa shape index (κ3) is 3.93. The van der Waals surface area contributed by atoms with Crippen molar-refractivity contribution in [2.75, 3.05) is 31.1 Å². The number of carbonyl (C=O) groups is 1. The number of fused-ring (bicyclic) bond motifs is 1. The molecule has 6 nitrogen and oxygen atoms in total. The van der Waals surface area contributed by atoms with Crippen LogP contribution in [0.25, 0.3) is 22.8 Å². The van der Waals surface area contributed by atoms with E-state index in [4.69, 9.17) is 16.6 Å². The van der Waals surface area contributed by atoms with Crippen molar-refractivity contribution in [3.63, 3.8) is 0 Å². The fraction of sp³-hybridized carbons (Fsp3) is 0.310. The Morgan fingerprint density at radius 1 is 1.29 bits per heavy atom. The molecule has 1 aromatic carbocycles. The lowest BCUT2D eigenvalue weighted by molar-refractivity contribution is -0.136. The lowest BCUT2D eigenvalue weighted by atomic mass is 9.79. The highest BCUT2D eigenvalue weighted by Gasteiger charge is 2.49. The number of amides is 1. The molecule has 0 atom stereocenters. The normalized spacial score (nSPS) is 17.6. The molecule has 0 radical (unpaired) electrons. The number of nitriles is 1. The summed E-state index contributed by atoms with van der Waals surface area (Å²) in [7, 11) is 0. The molecule has 2 aliphatic heterocycles. The van der Waals surface area contributed by atoms with Crippen LogP contribution >= 0.6 is 22.9 Å². The quantitative estimate of drug-likeness (QED) is 0.382. The molecule has 4 heterocycles. The summed E-state index contributed by atoms with van der Waals surface area (Å²) in [6.07, 6.45) is 5.64. The van der Waals surface area contributed by atoms with Crippen molar-refractivity contribution in [1.29, 1.82) is 5.26 Å². The van der Waals surface area contributed by atoms with Crippen molar-refractivity contribution in [2.24, 2.45) is 5.41 Å². The predicted molar refractivity (Wildman–Crippen MR) is 148 cm³/mol. The number of aromatic nitrogens is 2. The van der Waals surface area contributed by atoms with Gasteiger partial charge in [-0.25, -0.2) is 14.4 Å². The summed E-state index contributed by atoms with van der Waals surface area (Å²) < 4.78 is 15.3. The van der Waals surface area contributed by atoms with Crippen LogP contribution < -0.4 is 4.90 Å². The highest BCUT2D eigenvalue weighted by Crippen LogP contribution is 2.47. The topological polar surface area (TPSA) is 73.1 Å². The van der Waals surface area contributed by atoms with Crippen molar-refractivity contribution in [3.8, 4) is 17.2 Å². The van der Waals surface area contributed by atoms with Crippen molar-refractivity contribution in [2.45, 2.75) is 26.2 Å². The Balaban J connectivity index is 1.49. The fourth-order valence-corrected chi connectivity index (χ4v) is 7.17. The van der Waals surface area contributed by atoms with Crippen LogP contribution in [0.3, 0.4) is 0 Å². The molecule has 0 N–H and O–H groups in total. The molecular weight excluding hydrogens is 521 g/mol. The number of hydrogen-bond donors (Lipinski definition) is 0. The number of halogens is 2. The summed E-state index contributed by atoms with van der Waals surface area (Å²) in [5, 5.41) is 10.7. The van der Waals surface area contributed by atoms with Gasteiger partial charge in [-0.05, 0) is 61.6 Å². The zero-order chi connectivity index (χ0) is 26.6. The van der Waals surface area contributed by atoms with Crippen molar-refractivity contribution >= 4 is 46.3 Å². The van der Waals surface area contributed by atoms with Crippen molar-refractivity contribution in [3.05, 3.63) is 74.6 Å². The standard InChI is InChI=1S/C29H25ClFN5OS/c1-3-24(37)36-14-29(15-36)9-10-35(13-29)28-20(12-32)25(26-21(30)5-4-6-22(26)31)19-8-7-18(11-23(19)34-28)27-17(2)33-16-38-27/h3-6,11,16H,1,7-10,13-15H2,2H3. The first kappa shape index (κ1) is 24.8. The molecule has 0 bridgehead atoms. The second kappa shape index (κ2) is 9.33. The number of carbonyl (C=O) groups excluding carboxylic acids is 1. The Bertz CT molecular complexity index is 1550.